The summed E-state index contributed by atoms with van der Waals surface area (Å²) in [5.74, 6) is 2.92. The zero-order valence-electron chi connectivity index (χ0n) is 30.3. The van der Waals surface area contributed by atoms with Crippen LogP contribution in [0.15, 0.2) is 60.7 Å². The largest absolute Gasteiger partial charge is 0.493 e. The Bertz CT molecular complexity index is 1570. The minimum atomic E-state index is -0.00518. The molecule has 2 aromatic rings. The summed E-state index contributed by atoms with van der Waals surface area (Å²) in [6, 6.07) is 5.96. The van der Waals surface area contributed by atoms with Gasteiger partial charge in [0.25, 0.3) is 5.91 Å². The third kappa shape index (κ3) is 8.06. The summed E-state index contributed by atoms with van der Waals surface area (Å²) in [6.45, 7) is 22.6. The smallest absolute Gasteiger partial charge is 0.254 e. The predicted molar refractivity (Wildman–Crippen MR) is 196 cm³/mol. The lowest BCUT2D eigenvalue weighted by Gasteiger charge is -2.36. The van der Waals surface area contributed by atoms with Gasteiger partial charge >= 0.3 is 0 Å². The van der Waals surface area contributed by atoms with E-state index in [9.17, 15) is 4.79 Å². The zero-order valence-corrected chi connectivity index (χ0v) is 30.3. The first-order valence-electron chi connectivity index (χ1n) is 18.3. The van der Waals surface area contributed by atoms with Gasteiger partial charge in [-0.15, -0.1) is 0 Å². The first-order chi connectivity index (χ1) is 23.1. The van der Waals surface area contributed by atoms with E-state index in [1.165, 1.54) is 24.2 Å². The van der Waals surface area contributed by atoms with Crippen LogP contribution in [0.1, 0.15) is 80.1 Å². The Labute approximate surface area is 289 Å². The predicted octanol–water partition coefficient (Wildman–Crippen LogP) is 7.11. The number of hydrogen-bond donors (Lipinski definition) is 0. The lowest BCUT2D eigenvalue weighted by molar-refractivity contribution is 0.0724. The normalized spacial score (nSPS) is 23.1. The number of hydrogen-bond acceptors (Lipinski definition) is 5. The van der Waals surface area contributed by atoms with Crippen molar-refractivity contribution in [3.63, 3.8) is 0 Å². The number of benzene rings is 1. The molecule has 2 aliphatic heterocycles. The van der Waals surface area contributed by atoms with Gasteiger partial charge in [0, 0.05) is 69.3 Å². The molecule has 48 heavy (non-hydrogen) atoms. The van der Waals surface area contributed by atoms with Crippen LogP contribution in [0.3, 0.4) is 0 Å². The highest BCUT2D eigenvalue weighted by Gasteiger charge is 2.36. The van der Waals surface area contributed by atoms with Gasteiger partial charge in [0.1, 0.15) is 11.6 Å². The van der Waals surface area contributed by atoms with Crippen molar-refractivity contribution in [1.29, 1.82) is 0 Å². The Morgan fingerprint density at radius 3 is 2.46 bits per heavy atom. The number of imidazole rings is 1. The summed E-state index contributed by atoms with van der Waals surface area (Å²) in [5.41, 5.74) is 5.68. The van der Waals surface area contributed by atoms with E-state index in [2.05, 4.69) is 103 Å². The highest BCUT2D eigenvalue weighted by atomic mass is 16.5. The van der Waals surface area contributed by atoms with E-state index in [-0.39, 0.29) is 11.9 Å². The zero-order chi connectivity index (χ0) is 33.8. The Morgan fingerprint density at radius 1 is 0.979 bits per heavy atom. The van der Waals surface area contributed by atoms with Crippen LogP contribution in [0, 0.1) is 31.1 Å². The molecule has 3 heterocycles. The van der Waals surface area contributed by atoms with E-state index in [1.54, 1.807) is 0 Å². The molecule has 7 heteroatoms. The molecule has 1 fully saturated rings. The second-order valence-corrected chi connectivity index (χ2v) is 15.6. The first kappa shape index (κ1) is 34.4. The van der Waals surface area contributed by atoms with Crippen molar-refractivity contribution >= 4 is 11.5 Å². The number of carbonyl (C=O) groups excluding carboxylic acids is 1. The van der Waals surface area contributed by atoms with Crippen LogP contribution < -0.4 is 4.74 Å². The van der Waals surface area contributed by atoms with Crippen molar-refractivity contribution in [2.24, 2.45) is 17.3 Å². The molecule has 0 saturated carbocycles. The van der Waals surface area contributed by atoms with Gasteiger partial charge in [-0.1, -0.05) is 70.2 Å². The third-order valence-electron chi connectivity index (χ3n) is 10.8. The number of fused-ring (bicyclic) bond motifs is 3. The molecule has 0 bridgehead atoms. The maximum atomic E-state index is 14.2. The molecule has 1 aromatic heterocycles. The highest BCUT2D eigenvalue weighted by molar-refractivity contribution is 5.96. The lowest BCUT2D eigenvalue weighted by Crippen LogP contribution is -2.47. The van der Waals surface area contributed by atoms with Crippen LogP contribution in [-0.2, 0) is 13.0 Å². The van der Waals surface area contributed by atoms with E-state index < -0.39 is 0 Å². The molecule has 1 saturated heterocycles. The summed E-state index contributed by atoms with van der Waals surface area (Å²) in [4.78, 5) is 26.5. The van der Waals surface area contributed by atoms with Gasteiger partial charge in [0.15, 0.2) is 0 Å². The van der Waals surface area contributed by atoms with Gasteiger partial charge in [-0.05, 0) is 74.8 Å². The molecule has 258 valence electrons. The molecule has 3 unspecified atom stereocenters. The molecule has 0 spiro atoms. The topological polar surface area (TPSA) is 53.8 Å². The van der Waals surface area contributed by atoms with Gasteiger partial charge in [0.05, 0.1) is 24.0 Å². The number of allylic oxidation sites excluding steroid dienone is 6. The molecule has 7 nitrogen and oxygen atoms in total. The molecule has 1 amide bonds. The van der Waals surface area contributed by atoms with E-state index in [0.717, 1.165) is 86.9 Å². The Balaban J connectivity index is 1.05. The lowest BCUT2D eigenvalue weighted by atomic mass is 9.89. The van der Waals surface area contributed by atoms with Crippen LogP contribution in [0.4, 0.5) is 0 Å². The molecule has 1 aromatic carbocycles. The standard InChI is InChI=1S/C41H57N5O2/c1-30-12-7-8-13-34(30)29-46-32(3)42-36-18-21-45(37-15-10-9-14-35(37)39(36)46)40(47)33-16-17-38(31(2)28-33)48-27-11-20-43-23-25-44(26-24-43)22-19-41(4,5)6/h7-10,12-14,16-17,28,30,34,37H,11,15,18-27,29H2,1-6H3. The highest BCUT2D eigenvalue weighted by Crippen LogP contribution is 2.37. The minimum absolute atomic E-state index is 0.00518. The maximum Gasteiger partial charge on any atom is 0.254 e. The molecule has 4 aliphatic rings. The molecule has 0 radical (unpaired) electrons. The maximum absolute atomic E-state index is 14.2. The van der Waals surface area contributed by atoms with Gasteiger partial charge in [0.2, 0.25) is 0 Å². The van der Waals surface area contributed by atoms with E-state index >= 15 is 0 Å². The second-order valence-electron chi connectivity index (χ2n) is 15.6. The summed E-state index contributed by atoms with van der Waals surface area (Å²) in [7, 11) is 0. The summed E-state index contributed by atoms with van der Waals surface area (Å²) >= 11 is 0. The summed E-state index contributed by atoms with van der Waals surface area (Å²) < 4.78 is 8.65. The van der Waals surface area contributed by atoms with Crippen LogP contribution >= 0.6 is 0 Å². The van der Waals surface area contributed by atoms with E-state index in [0.29, 0.717) is 30.4 Å². The van der Waals surface area contributed by atoms with Crippen molar-refractivity contribution in [2.45, 2.75) is 79.8 Å². The van der Waals surface area contributed by atoms with Crippen LogP contribution in [0.2, 0.25) is 0 Å². The fourth-order valence-electron chi connectivity index (χ4n) is 7.63. The number of nitrogens with zero attached hydrogens (tertiary/aromatic N) is 5. The Morgan fingerprint density at radius 2 is 1.73 bits per heavy atom. The fourth-order valence-corrected chi connectivity index (χ4v) is 7.63. The Kier molecular flexibility index (Phi) is 10.8. The third-order valence-corrected chi connectivity index (χ3v) is 10.8. The number of piperazine rings is 1. The Hall–Kier alpha value is -3.42. The van der Waals surface area contributed by atoms with Gasteiger partial charge in [-0.2, -0.15) is 0 Å². The minimum Gasteiger partial charge on any atom is -0.493 e. The summed E-state index contributed by atoms with van der Waals surface area (Å²) in [5, 5.41) is 0. The number of amides is 1. The molecule has 0 N–H and O–H groups in total. The fraction of sp³-hybridized carbons (Fsp3) is 0.561. The van der Waals surface area contributed by atoms with Crippen molar-refractivity contribution in [3.05, 3.63) is 89.1 Å². The quantitative estimate of drug-likeness (QED) is 0.257. The van der Waals surface area contributed by atoms with Gasteiger partial charge < -0.3 is 24.0 Å². The number of ether oxygens (including phenoxy) is 1. The van der Waals surface area contributed by atoms with Gasteiger partial charge in [-0.3, -0.25) is 4.79 Å². The number of aromatic nitrogens is 2. The summed E-state index contributed by atoms with van der Waals surface area (Å²) in [6.07, 6.45) is 19.3. The van der Waals surface area contributed by atoms with E-state index in [4.69, 9.17) is 9.72 Å². The number of rotatable bonds is 10. The second kappa shape index (κ2) is 15.0. The SMILES string of the molecule is Cc1cc(C(=O)N2CCc3nc(C)n(CC4C=CC=CC4C)c3C3=CC=CCC32)ccc1OCCCN1CCN(CCC(C)(C)C)CC1. The van der Waals surface area contributed by atoms with Crippen LogP contribution in [0.25, 0.3) is 5.57 Å². The van der Waals surface area contributed by atoms with E-state index in [1.807, 2.05) is 18.2 Å². The molecular weight excluding hydrogens is 594 g/mol. The number of aryl methyl sites for hydroxylation is 2. The van der Waals surface area contributed by atoms with Crippen LogP contribution in [0.5, 0.6) is 5.75 Å². The van der Waals surface area contributed by atoms with Crippen molar-refractivity contribution < 1.29 is 9.53 Å². The van der Waals surface area contributed by atoms with Crippen molar-refractivity contribution in [1.82, 2.24) is 24.3 Å². The molecule has 6 rings (SSSR count). The van der Waals surface area contributed by atoms with Crippen LogP contribution in [-0.4, -0.2) is 88.6 Å². The number of carbonyl (C=O) groups is 1. The first-order valence-corrected chi connectivity index (χ1v) is 18.3. The average Bonchev–Trinajstić information content (AvgIpc) is 3.28. The molecule has 2 aliphatic carbocycles. The monoisotopic (exact) mass is 651 g/mol. The van der Waals surface area contributed by atoms with Gasteiger partial charge in [-0.25, -0.2) is 4.98 Å². The van der Waals surface area contributed by atoms with Crippen molar-refractivity contribution in [2.75, 3.05) is 52.4 Å². The molecular formula is C41H57N5O2. The van der Waals surface area contributed by atoms with Crippen molar-refractivity contribution in [3.8, 4) is 5.75 Å². The molecule has 3 atom stereocenters. The average molecular weight is 652 g/mol.